The molecule has 2 aromatic rings. The fourth-order valence-corrected chi connectivity index (χ4v) is 3.33. The topological polar surface area (TPSA) is 51.8 Å². The second kappa shape index (κ2) is 5.12. The minimum Gasteiger partial charge on any atom is -0.327 e. The molecule has 2 N–H and O–H groups in total. The van der Waals surface area contributed by atoms with Crippen LogP contribution in [0.2, 0.25) is 0 Å². The predicted octanol–water partition coefficient (Wildman–Crippen LogP) is 2.83. The van der Waals surface area contributed by atoms with Gasteiger partial charge in [0.2, 0.25) is 0 Å². The van der Waals surface area contributed by atoms with E-state index in [1.165, 1.54) is 10.3 Å². The number of hydrogen-bond donors (Lipinski definition) is 1. The van der Waals surface area contributed by atoms with Crippen LogP contribution in [0.4, 0.5) is 0 Å². The third-order valence-corrected chi connectivity index (χ3v) is 4.53. The van der Waals surface area contributed by atoms with E-state index in [1.807, 2.05) is 0 Å². The predicted molar refractivity (Wildman–Crippen MR) is 71.1 cm³/mol. The molecular weight excluding hydrogens is 238 g/mol. The quantitative estimate of drug-likeness (QED) is 0.672. The first kappa shape index (κ1) is 11.8. The van der Waals surface area contributed by atoms with E-state index in [9.17, 15) is 0 Å². The Morgan fingerprint density at radius 2 is 2.31 bits per heavy atom. The largest absolute Gasteiger partial charge is 0.327 e. The van der Waals surface area contributed by atoms with Gasteiger partial charge in [0, 0.05) is 22.1 Å². The third kappa shape index (κ3) is 2.53. The van der Waals surface area contributed by atoms with Gasteiger partial charge in [-0.2, -0.15) is 0 Å². The molecule has 16 heavy (non-hydrogen) atoms. The van der Waals surface area contributed by atoms with Gasteiger partial charge in [-0.1, -0.05) is 6.92 Å². The van der Waals surface area contributed by atoms with E-state index in [4.69, 9.17) is 5.73 Å². The lowest BCUT2D eigenvalue weighted by atomic mass is 10.3. The minimum atomic E-state index is 0.245. The van der Waals surface area contributed by atoms with Crippen LogP contribution in [0, 0.1) is 6.92 Å². The van der Waals surface area contributed by atoms with E-state index in [2.05, 4.69) is 29.9 Å². The fourth-order valence-electron chi connectivity index (χ4n) is 1.37. The van der Waals surface area contributed by atoms with Crippen LogP contribution >= 0.6 is 23.1 Å². The fraction of sp³-hybridized carbons (Fsp3) is 0.455. The molecule has 0 spiro atoms. The monoisotopic (exact) mass is 253 g/mol. The zero-order chi connectivity index (χ0) is 11.5. The van der Waals surface area contributed by atoms with Crippen molar-refractivity contribution >= 4 is 33.3 Å². The molecule has 0 aliphatic carbocycles. The maximum atomic E-state index is 5.91. The van der Waals surface area contributed by atoms with Gasteiger partial charge < -0.3 is 5.73 Å². The number of hydrogen-bond acceptors (Lipinski definition) is 5. The van der Waals surface area contributed by atoms with Crippen LogP contribution in [-0.2, 0) is 0 Å². The van der Waals surface area contributed by atoms with Crippen LogP contribution in [0.1, 0.15) is 18.2 Å². The average Bonchev–Trinajstić information content (AvgIpc) is 2.66. The molecule has 5 heteroatoms. The molecule has 86 valence electrons. The summed E-state index contributed by atoms with van der Waals surface area (Å²) in [6.45, 7) is 4.20. The van der Waals surface area contributed by atoms with E-state index in [0.717, 1.165) is 22.0 Å². The van der Waals surface area contributed by atoms with Crippen molar-refractivity contribution in [3.8, 4) is 0 Å². The number of thiophene rings is 1. The number of nitrogens with two attached hydrogens (primary N) is 1. The molecule has 2 heterocycles. The zero-order valence-corrected chi connectivity index (χ0v) is 11.1. The van der Waals surface area contributed by atoms with E-state index in [0.29, 0.717) is 0 Å². The van der Waals surface area contributed by atoms with Crippen molar-refractivity contribution in [2.75, 3.05) is 5.75 Å². The summed E-state index contributed by atoms with van der Waals surface area (Å²) in [7, 11) is 0. The van der Waals surface area contributed by atoms with Crippen LogP contribution in [0.3, 0.4) is 0 Å². The van der Waals surface area contributed by atoms with Gasteiger partial charge in [-0.15, -0.1) is 23.1 Å². The van der Waals surface area contributed by atoms with Crippen LogP contribution < -0.4 is 5.73 Å². The number of aryl methyl sites for hydroxylation is 1. The summed E-state index contributed by atoms with van der Waals surface area (Å²) < 4.78 is 0. The van der Waals surface area contributed by atoms with Gasteiger partial charge in [-0.05, 0) is 19.4 Å². The highest BCUT2D eigenvalue weighted by Gasteiger charge is 2.08. The van der Waals surface area contributed by atoms with E-state index < -0.39 is 0 Å². The van der Waals surface area contributed by atoms with Crippen LogP contribution in [0.5, 0.6) is 0 Å². The zero-order valence-electron chi connectivity index (χ0n) is 9.43. The lowest BCUT2D eigenvalue weighted by Crippen LogP contribution is -2.21. The summed E-state index contributed by atoms with van der Waals surface area (Å²) in [5.41, 5.74) is 5.91. The van der Waals surface area contributed by atoms with Gasteiger partial charge in [-0.3, -0.25) is 0 Å². The van der Waals surface area contributed by atoms with Gasteiger partial charge in [-0.25, -0.2) is 9.97 Å². The Labute approximate surface area is 103 Å². The van der Waals surface area contributed by atoms with E-state index >= 15 is 0 Å². The summed E-state index contributed by atoms with van der Waals surface area (Å²) in [5.74, 6) is 0.914. The van der Waals surface area contributed by atoms with Crippen molar-refractivity contribution < 1.29 is 0 Å². The molecule has 3 nitrogen and oxygen atoms in total. The first-order chi connectivity index (χ1) is 7.70. The number of fused-ring (bicyclic) bond motifs is 1. The molecule has 0 bridgehead atoms. The van der Waals surface area contributed by atoms with Crippen LogP contribution in [0.25, 0.3) is 10.2 Å². The molecule has 1 atom stereocenters. The van der Waals surface area contributed by atoms with Crippen molar-refractivity contribution in [3.63, 3.8) is 0 Å². The standard InChI is InChI=1S/C11H15N3S2/c1-3-8(12)5-15-10-9-4-7(2)16-11(9)14-6-13-10/h4,6,8H,3,5,12H2,1-2H3. The molecule has 0 saturated carbocycles. The first-order valence-corrected chi connectivity index (χ1v) is 7.10. The number of aromatic nitrogens is 2. The van der Waals surface area contributed by atoms with Crippen LogP contribution in [-0.4, -0.2) is 21.8 Å². The average molecular weight is 253 g/mol. The highest BCUT2D eigenvalue weighted by molar-refractivity contribution is 7.99. The second-order valence-electron chi connectivity index (χ2n) is 3.73. The van der Waals surface area contributed by atoms with Crippen molar-refractivity contribution in [2.24, 2.45) is 5.73 Å². The second-order valence-corrected chi connectivity index (χ2v) is 5.98. The first-order valence-electron chi connectivity index (χ1n) is 5.30. The van der Waals surface area contributed by atoms with E-state index in [-0.39, 0.29) is 6.04 Å². The lowest BCUT2D eigenvalue weighted by molar-refractivity contribution is 0.724. The van der Waals surface area contributed by atoms with Crippen molar-refractivity contribution in [3.05, 3.63) is 17.3 Å². The van der Waals surface area contributed by atoms with Gasteiger partial charge >= 0.3 is 0 Å². The normalized spacial score (nSPS) is 13.2. The lowest BCUT2D eigenvalue weighted by Gasteiger charge is -2.07. The molecule has 0 amide bonds. The molecule has 1 unspecified atom stereocenters. The molecular formula is C11H15N3S2. The summed E-state index contributed by atoms with van der Waals surface area (Å²) in [6.07, 6.45) is 2.64. The number of thioether (sulfide) groups is 1. The summed E-state index contributed by atoms with van der Waals surface area (Å²) >= 11 is 3.44. The van der Waals surface area contributed by atoms with Crippen molar-refractivity contribution in [2.45, 2.75) is 31.3 Å². The Hall–Kier alpha value is -0.650. The Morgan fingerprint density at radius 1 is 1.50 bits per heavy atom. The Morgan fingerprint density at radius 3 is 3.06 bits per heavy atom. The molecule has 0 radical (unpaired) electrons. The maximum Gasteiger partial charge on any atom is 0.128 e. The summed E-state index contributed by atoms with van der Waals surface area (Å²) in [5, 5.41) is 2.22. The molecule has 0 fully saturated rings. The Kier molecular flexibility index (Phi) is 3.78. The maximum absolute atomic E-state index is 5.91. The third-order valence-electron chi connectivity index (χ3n) is 2.37. The van der Waals surface area contributed by atoms with Crippen LogP contribution in [0.15, 0.2) is 17.4 Å². The Bertz CT molecular complexity index is 481. The van der Waals surface area contributed by atoms with Gasteiger partial charge in [0.25, 0.3) is 0 Å². The highest BCUT2D eigenvalue weighted by Crippen LogP contribution is 2.30. The Balaban J connectivity index is 2.23. The van der Waals surface area contributed by atoms with Gasteiger partial charge in [0.15, 0.2) is 0 Å². The van der Waals surface area contributed by atoms with Gasteiger partial charge in [0.1, 0.15) is 16.2 Å². The summed E-state index contributed by atoms with van der Waals surface area (Å²) in [6, 6.07) is 2.40. The molecule has 2 aromatic heterocycles. The molecule has 0 aromatic carbocycles. The SMILES string of the molecule is CCC(N)CSc1ncnc2sc(C)cc12. The molecule has 0 aliphatic rings. The van der Waals surface area contributed by atoms with Gasteiger partial charge in [0.05, 0.1) is 0 Å². The van der Waals surface area contributed by atoms with Crippen molar-refractivity contribution in [1.29, 1.82) is 0 Å². The number of rotatable bonds is 4. The molecule has 0 saturated heterocycles. The summed E-state index contributed by atoms with van der Waals surface area (Å²) in [4.78, 5) is 10.9. The number of nitrogens with zero attached hydrogens (tertiary/aromatic N) is 2. The minimum absolute atomic E-state index is 0.245. The highest BCUT2D eigenvalue weighted by atomic mass is 32.2. The smallest absolute Gasteiger partial charge is 0.128 e. The molecule has 2 rings (SSSR count). The van der Waals surface area contributed by atoms with Crippen molar-refractivity contribution in [1.82, 2.24) is 9.97 Å². The molecule has 0 aliphatic heterocycles. The van der Waals surface area contributed by atoms with E-state index in [1.54, 1.807) is 29.4 Å².